The summed E-state index contributed by atoms with van der Waals surface area (Å²) in [6, 6.07) is 1.99. The summed E-state index contributed by atoms with van der Waals surface area (Å²) >= 11 is 1.63. The van der Waals surface area contributed by atoms with Crippen LogP contribution in [0.5, 0.6) is 0 Å². The molecule has 3 nitrogen and oxygen atoms in total. The first kappa shape index (κ1) is 10.2. The highest BCUT2D eigenvalue weighted by Gasteiger charge is 2.07. The van der Waals surface area contributed by atoms with Gasteiger partial charge in [-0.1, -0.05) is 0 Å². The lowest BCUT2D eigenvalue weighted by molar-refractivity contribution is -0.120. The van der Waals surface area contributed by atoms with E-state index in [0.29, 0.717) is 12.8 Å². The molecule has 0 aliphatic carbocycles. The molecule has 13 heavy (non-hydrogen) atoms. The van der Waals surface area contributed by atoms with Gasteiger partial charge in [-0.15, -0.1) is 0 Å². The van der Waals surface area contributed by atoms with Gasteiger partial charge in [0, 0.05) is 19.5 Å². The van der Waals surface area contributed by atoms with Crippen molar-refractivity contribution in [1.82, 2.24) is 5.32 Å². The summed E-state index contributed by atoms with van der Waals surface area (Å²) < 4.78 is 0. The third kappa shape index (κ3) is 3.16. The lowest BCUT2D eigenvalue weighted by atomic mass is 10.1. The molecule has 1 unspecified atom stereocenters. The molecule has 0 aliphatic rings. The second-order valence-corrected chi connectivity index (χ2v) is 3.66. The first-order valence-corrected chi connectivity index (χ1v) is 5.16. The maximum Gasteiger partial charge on any atom is 0.219 e. The minimum Gasteiger partial charge on any atom is -0.359 e. The summed E-state index contributed by atoms with van der Waals surface area (Å²) in [5.74, 6) is 0.0469. The molecule has 0 radical (unpaired) electrons. The number of amides is 1. The number of carbonyl (C=O) groups is 1. The number of hydrogen-bond donors (Lipinski definition) is 2. The van der Waals surface area contributed by atoms with E-state index in [1.807, 2.05) is 16.8 Å². The predicted molar refractivity (Wildman–Crippen MR) is 54.5 cm³/mol. The second-order valence-electron chi connectivity index (χ2n) is 2.88. The summed E-state index contributed by atoms with van der Waals surface area (Å²) in [5.41, 5.74) is 6.99. The normalized spacial score (nSPS) is 12.5. The minimum atomic E-state index is -0.0106. The Bertz CT molecular complexity index is 259. The van der Waals surface area contributed by atoms with Crippen molar-refractivity contribution in [2.24, 2.45) is 5.73 Å². The van der Waals surface area contributed by atoms with E-state index < -0.39 is 0 Å². The van der Waals surface area contributed by atoms with Gasteiger partial charge in [-0.2, -0.15) is 11.3 Å². The highest BCUT2D eigenvalue weighted by atomic mass is 32.1. The first-order valence-electron chi connectivity index (χ1n) is 4.22. The first-order chi connectivity index (χ1) is 6.24. The number of hydrogen-bond acceptors (Lipinski definition) is 3. The van der Waals surface area contributed by atoms with Gasteiger partial charge in [0.05, 0.1) is 0 Å². The molecule has 3 N–H and O–H groups in total. The number of nitrogens with two attached hydrogens (primary N) is 1. The van der Waals surface area contributed by atoms with Crippen LogP contribution >= 0.6 is 11.3 Å². The van der Waals surface area contributed by atoms with Gasteiger partial charge < -0.3 is 11.1 Å². The Labute approximate surface area is 81.9 Å². The highest BCUT2D eigenvalue weighted by Crippen LogP contribution is 2.17. The van der Waals surface area contributed by atoms with E-state index in [4.69, 9.17) is 5.73 Å². The Morgan fingerprint density at radius 2 is 2.54 bits per heavy atom. The van der Waals surface area contributed by atoms with E-state index in [0.717, 1.165) is 5.56 Å². The summed E-state index contributed by atoms with van der Waals surface area (Å²) in [5, 5.41) is 6.59. The number of nitrogens with one attached hydrogen (secondary N) is 1. The Hall–Kier alpha value is -0.870. The quantitative estimate of drug-likeness (QED) is 0.765. The second kappa shape index (κ2) is 4.99. The van der Waals surface area contributed by atoms with E-state index in [-0.39, 0.29) is 11.9 Å². The van der Waals surface area contributed by atoms with Crippen LogP contribution in [0.2, 0.25) is 0 Å². The molecule has 1 aromatic rings. The van der Waals surface area contributed by atoms with Crippen molar-refractivity contribution in [2.45, 2.75) is 18.9 Å². The van der Waals surface area contributed by atoms with Gasteiger partial charge in [0.1, 0.15) is 0 Å². The number of thiophene rings is 1. The Balaban J connectivity index is 2.34. The van der Waals surface area contributed by atoms with Gasteiger partial charge >= 0.3 is 0 Å². The molecule has 1 rings (SSSR count). The average molecular weight is 198 g/mol. The molecule has 4 heteroatoms. The van der Waals surface area contributed by atoms with Crippen LogP contribution in [-0.2, 0) is 4.79 Å². The lowest BCUT2D eigenvalue weighted by Crippen LogP contribution is -2.20. The van der Waals surface area contributed by atoms with Crippen LogP contribution in [0.1, 0.15) is 24.4 Å². The molecule has 1 atom stereocenters. The highest BCUT2D eigenvalue weighted by molar-refractivity contribution is 7.07. The zero-order chi connectivity index (χ0) is 9.68. The molecule has 0 saturated heterocycles. The van der Waals surface area contributed by atoms with Crippen LogP contribution in [0, 0.1) is 0 Å². The predicted octanol–water partition coefficient (Wildman–Crippen LogP) is 1.27. The fourth-order valence-corrected chi connectivity index (χ4v) is 1.79. The van der Waals surface area contributed by atoms with Crippen molar-refractivity contribution in [1.29, 1.82) is 0 Å². The molecule has 0 aromatic carbocycles. The van der Waals surface area contributed by atoms with E-state index >= 15 is 0 Å². The fraction of sp³-hybridized carbons (Fsp3) is 0.444. The van der Waals surface area contributed by atoms with E-state index in [9.17, 15) is 4.79 Å². The standard InChI is InChI=1S/C9H14N2OS/c1-11-9(12)3-2-8(10)7-4-5-13-6-7/h4-6,8H,2-3,10H2,1H3,(H,11,12). The lowest BCUT2D eigenvalue weighted by Gasteiger charge is -2.08. The topological polar surface area (TPSA) is 55.1 Å². The van der Waals surface area contributed by atoms with Crippen LogP contribution in [0.25, 0.3) is 0 Å². The zero-order valence-electron chi connectivity index (χ0n) is 7.62. The third-order valence-corrected chi connectivity index (χ3v) is 2.63. The molecular formula is C9H14N2OS. The summed E-state index contributed by atoms with van der Waals surface area (Å²) in [4.78, 5) is 10.9. The third-order valence-electron chi connectivity index (χ3n) is 1.93. The van der Waals surface area contributed by atoms with Gasteiger partial charge in [0.15, 0.2) is 0 Å². The Kier molecular flexibility index (Phi) is 3.92. The fourth-order valence-electron chi connectivity index (χ4n) is 1.06. The van der Waals surface area contributed by atoms with Crippen LogP contribution < -0.4 is 11.1 Å². The molecule has 0 aliphatic heterocycles. The van der Waals surface area contributed by atoms with Crippen LogP contribution in [0.4, 0.5) is 0 Å². The maximum absolute atomic E-state index is 10.9. The Morgan fingerprint density at radius 3 is 3.08 bits per heavy atom. The van der Waals surface area contributed by atoms with Gasteiger partial charge in [0.25, 0.3) is 0 Å². The summed E-state index contributed by atoms with van der Waals surface area (Å²) in [6.45, 7) is 0. The molecule has 0 saturated carbocycles. The molecule has 0 bridgehead atoms. The van der Waals surface area contributed by atoms with Crippen LogP contribution in [0.15, 0.2) is 16.8 Å². The van der Waals surface area contributed by atoms with Gasteiger partial charge in [-0.05, 0) is 28.8 Å². The van der Waals surface area contributed by atoms with Gasteiger partial charge in [-0.25, -0.2) is 0 Å². The van der Waals surface area contributed by atoms with Crippen LogP contribution in [0.3, 0.4) is 0 Å². The van der Waals surface area contributed by atoms with Crippen molar-refractivity contribution in [3.8, 4) is 0 Å². The average Bonchev–Trinajstić information content (AvgIpc) is 2.66. The molecule has 0 spiro atoms. The Morgan fingerprint density at radius 1 is 1.77 bits per heavy atom. The molecule has 1 aromatic heterocycles. The van der Waals surface area contributed by atoms with Crippen molar-refractivity contribution in [2.75, 3.05) is 7.05 Å². The molecular weight excluding hydrogens is 184 g/mol. The zero-order valence-corrected chi connectivity index (χ0v) is 8.43. The molecule has 1 heterocycles. The van der Waals surface area contributed by atoms with Crippen molar-refractivity contribution >= 4 is 17.2 Å². The molecule has 72 valence electrons. The number of carbonyl (C=O) groups excluding carboxylic acids is 1. The van der Waals surface area contributed by atoms with Gasteiger partial charge in [0.2, 0.25) is 5.91 Å². The maximum atomic E-state index is 10.9. The smallest absolute Gasteiger partial charge is 0.219 e. The number of rotatable bonds is 4. The van der Waals surface area contributed by atoms with E-state index in [1.165, 1.54) is 0 Å². The summed E-state index contributed by atoms with van der Waals surface area (Å²) in [7, 11) is 1.64. The molecule has 0 fully saturated rings. The SMILES string of the molecule is CNC(=O)CCC(N)c1ccsc1. The molecule has 1 amide bonds. The van der Waals surface area contributed by atoms with Gasteiger partial charge in [-0.3, -0.25) is 4.79 Å². The van der Waals surface area contributed by atoms with Crippen molar-refractivity contribution in [3.05, 3.63) is 22.4 Å². The van der Waals surface area contributed by atoms with Crippen LogP contribution in [-0.4, -0.2) is 13.0 Å². The summed E-state index contributed by atoms with van der Waals surface area (Å²) in [6.07, 6.45) is 1.20. The van der Waals surface area contributed by atoms with Crippen molar-refractivity contribution in [3.63, 3.8) is 0 Å². The van der Waals surface area contributed by atoms with E-state index in [1.54, 1.807) is 18.4 Å². The van der Waals surface area contributed by atoms with E-state index in [2.05, 4.69) is 5.32 Å². The largest absolute Gasteiger partial charge is 0.359 e. The minimum absolute atomic E-state index is 0.0106. The van der Waals surface area contributed by atoms with Crippen molar-refractivity contribution < 1.29 is 4.79 Å². The monoisotopic (exact) mass is 198 g/mol.